The molecule has 0 aliphatic carbocycles. The molecular weight excluding hydrogens is 198 g/mol. The molecule has 76 valence electrons. The van der Waals surface area contributed by atoms with Gasteiger partial charge >= 0.3 is 0 Å². The maximum absolute atomic E-state index is 5.74. The number of allylic oxidation sites excluding steroid dienone is 1. The minimum absolute atomic E-state index is 0.386. The summed E-state index contributed by atoms with van der Waals surface area (Å²) in [7, 11) is 0. The van der Waals surface area contributed by atoms with Gasteiger partial charge in [-0.25, -0.2) is 4.98 Å². The van der Waals surface area contributed by atoms with E-state index in [1.807, 2.05) is 19.1 Å². The average Bonchev–Trinajstić information content (AvgIpc) is 2.18. The van der Waals surface area contributed by atoms with Crippen molar-refractivity contribution in [2.75, 3.05) is 17.3 Å². The van der Waals surface area contributed by atoms with Crippen molar-refractivity contribution in [3.63, 3.8) is 0 Å². The zero-order valence-electron chi connectivity index (χ0n) is 8.13. The van der Waals surface area contributed by atoms with Crippen molar-refractivity contribution in [2.45, 2.75) is 13.3 Å². The summed E-state index contributed by atoms with van der Waals surface area (Å²) >= 11 is 5.55. The van der Waals surface area contributed by atoms with Gasteiger partial charge < -0.3 is 11.5 Å². The molecule has 1 aromatic rings. The van der Waals surface area contributed by atoms with Crippen molar-refractivity contribution in [2.24, 2.45) is 0 Å². The molecule has 0 aliphatic rings. The quantitative estimate of drug-likeness (QED) is 0.754. The summed E-state index contributed by atoms with van der Waals surface area (Å²) in [5, 5.41) is 0. The fourth-order valence-corrected chi connectivity index (χ4v) is 1.22. The van der Waals surface area contributed by atoms with Crippen molar-refractivity contribution < 1.29 is 0 Å². The monoisotopic (exact) mass is 211 g/mol. The van der Waals surface area contributed by atoms with Crippen LogP contribution in [0.1, 0.15) is 17.5 Å². The highest BCUT2D eigenvalue weighted by molar-refractivity contribution is 6.17. The van der Waals surface area contributed by atoms with Gasteiger partial charge in [-0.15, -0.1) is 11.6 Å². The van der Waals surface area contributed by atoms with E-state index in [0.717, 1.165) is 17.5 Å². The molecule has 1 aromatic heterocycles. The van der Waals surface area contributed by atoms with E-state index in [4.69, 9.17) is 23.1 Å². The van der Waals surface area contributed by atoms with E-state index >= 15 is 0 Å². The lowest BCUT2D eigenvalue weighted by Gasteiger charge is -2.05. The molecule has 0 saturated carbocycles. The molecule has 0 bridgehead atoms. The van der Waals surface area contributed by atoms with Crippen LogP contribution < -0.4 is 11.5 Å². The Bertz CT molecular complexity index is 347. The van der Waals surface area contributed by atoms with E-state index in [2.05, 4.69) is 4.98 Å². The predicted octanol–water partition coefficient (Wildman–Crippen LogP) is 2.20. The Morgan fingerprint density at radius 3 is 2.86 bits per heavy atom. The molecule has 0 unspecified atom stereocenters. The van der Waals surface area contributed by atoms with E-state index in [-0.39, 0.29) is 0 Å². The van der Waals surface area contributed by atoms with Gasteiger partial charge in [0.05, 0.1) is 5.69 Å². The minimum Gasteiger partial charge on any atom is -0.396 e. The van der Waals surface area contributed by atoms with E-state index in [1.165, 1.54) is 0 Å². The number of anilines is 2. The second kappa shape index (κ2) is 4.86. The molecule has 14 heavy (non-hydrogen) atoms. The first-order valence-corrected chi connectivity index (χ1v) is 4.93. The summed E-state index contributed by atoms with van der Waals surface area (Å²) in [4.78, 5) is 3.99. The number of aromatic nitrogens is 1. The lowest BCUT2D eigenvalue weighted by atomic mass is 10.1. The van der Waals surface area contributed by atoms with Crippen molar-refractivity contribution in [1.29, 1.82) is 0 Å². The number of rotatable bonds is 3. The van der Waals surface area contributed by atoms with Crippen molar-refractivity contribution in [1.82, 2.24) is 4.98 Å². The molecule has 1 rings (SSSR count). The highest BCUT2D eigenvalue weighted by atomic mass is 35.5. The molecule has 0 amide bonds. The zero-order chi connectivity index (χ0) is 10.6. The van der Waals surface area contributed by atoms with Crippen molar-refractivity contribution in [3.8, 4) is 0 Å². The van der Waals surface area contributed by atoms with Gasteiger partial charge in [0.1, 0.15) is 5.82 Å². The Balaban J connectivity index is 2.94. The molecule has 3 nitrogen and oxygen atoms in total. The largest absolute Gasteiger partial charge is 0.396 e. The predicted molar refractivity (Wildman–Crippen MR) is 62.2 cm³/mol. The molecule has 0 spiro atoms. The molecule has 0 atom stereocenters. The Kier molecular flexibility index (Phi) is 3.77. The summed E-state index contributed by atoms with van der Waals surface area (Å²) in [6, 6.07) is 0. The third-order valence-corrected chi connectivity index (χ3v) is 2.25. The zero-order valence-corrected chi connectivity index (χ0v) is 8.88. The maximum atomic E-state index is 5.74. The second-order valence-corrected chi connectivity index (χ2v) is 3.40. The fourth-order valence-electron chi connectivity index (χ4n) is 1.09. The lowest BCUT2D eigenvalue weighted by Crippen LogP contribution is -2.01. The topological polar surface area (TPSA) is 64.9 Å². The van der Waals surface area contributed by atoms with Gasteiger partial charge in [-0.3, -0.25) is 0 Å². The van der Waals surface area contributed by atoms with Crippen molar-refractivity contribution in [3.05, 3.63) is 23.4 Å². The highest BCUT2D eigenvalue weighted by Crippen LogP contribution is 2.21. The maximum Gasteiger partial charge on any atom is 0.146 e. The summed E-state index contributed by atoms with van der Waals surface area (Å²) in [6.45, 7) is 1.92. The van der Waals surface area contributed by atoms with Gasteiger partial charge in [0.25, 0.3) is 0 Å². The van der Waals surface area contributed by atoms with Crippen LogP contribution in [0.5, 0.6) is 0 Å². The highest BCUT2D eigenvalue weighted by Gasteiger charge is 2.02. The summed E-state index contributed by atoms with van der Waals surface area (Å²) < 4.78 is 0. The van der Waals surface area contributed by atoms with Crippen LogP contribution >= 0.6 is 11.6 Å². The number of alkyl halides is 1. The van der Waals surface area contributed by atoms with Gasteiger partial charge in [-0.2, -0.15) is 0 Å². The van der Waals surface area contributed by atoms with Gasteiger partial charge in [-0.05, 0) is 24.5 Å². The third kappa shape index (κ3) is 2.39. The van der Waals surface area contributed by atoms with Crippen LogP contribution in [0.4, 0.5) is 11.5 Å². The summed E-state index contributed by atoms with van der Waals surface area (Å²) in [6.07, 6.45) is 6.50. The molecule has 0 aliphatic heterocycles. The van der Waals surface area contributed by atoms with Gasteiger partial charge in [-0.1, -0.05) is 12.2 Å². The van der Waals surface area contributed by atoms with Crippen LogP contribution in [0.25, 0.3) is 6.08 Å². The number of hydrogen-bond donors (Lipinski definition) is 2. The van der Waals surface area contributed by atoms with Crippen LogP contribution in [0.15, 0.2) is 12.3 Å². The summed E-state index contributed by atoms with van der Waals surface area (Å²) in [5.41, 5.74) is 13.8. The first-order valence-electron chi connectivity index (χ1n) is 4.40. The standard InChI is InChI=1S/C10H14ClN3/c1-7-8(4-2-3-5-11)6-14-10(13)9(7)12/h2,4,6H,3,5,12H2,1H3,(H2,13,14). The van der Waals surface area contributed by atoms with Crippen molar-refractivity contribution >= 4 is 29.2 Å². The van der Waals surface area contributed by atoms with Crippen LogP contribution in [0.2, 0.25) is 0 Å². The Morgan fingerprint density at radius 2 is 2.21 bits per heavy atom. The van der Waals surface area contributed by atoms with Gasteiger partial charge in [0.15, 0.2) is 0 Å². The minimum atomic E-state index is 0.386. The number of pyridine rings is 1. The first kappa shape index (κ1) is 10.9. The normalized spacial score (nSPS) is 11.0. The van der Waals surface area contributed by atoms with Gasteiger partial charge in [0, 0.05) is 12.1 Å². The second-order valence-electron chi connectivity index (χ2n) is 3.02. The van der Waals surface area contributed by atoms with Crippen LogP contribution in [-0.2, 0) is 0 Å². The smallest absolute Gasteiger partial charge is 0.146 e. The lowest BCUT2D eigenvalue weighted by molar-refractivity contribution is 1.24. The fraction of sp³-hybridized carbons (Fsp3) is 0.300. The molecular formula is C10H14ClN3. The Labute approximate surface area is 88.8 Å². The van der Waals surface area contributed by atoms with Gasteiger partial charge in [0.2, 0.25) is 0 Å². The van der Waals surface area contributed by atoms with E-state index in [1.54, 1.807) is 6.20 Å². The molecule has 0 aromatic carbocycles. The number of nitrogen functional groups attached to an aromatic ring is 2. The number of nitrogens with two attached hydrogens (primary N) is 2. The van der Waals surface area contributed by atoms with E-state index in [0.29, 0.717) is 17.4 Å². The molecule has 1 heterocycles. The average molecular weight is 212 g/mol. The van der Waals surface area contributed by atoms with Crippen LogP contribution in [0.3, 0.4) is 0 Å². The van der Waals surface area contributed by atoms with E-state index in [9.17, 15) is 0 Å². The molecule has 4 N–H and O–H groups in total. The Morgan fingerprint density at radius 1 is 1.50 bits per heavy atom. The molecule has 0 radical (unpaired) electrons. The van der Waals surface area contributed by atoms with Crippen LogP contribution in [0, 0.1) is 6.92 Å². The molecule has 0 fully saturated rings. The first-order chi connectivity index (χ1) is 6.66. The van der Waals surface area contributed by atoms with Crippen LogP contribution in [-0.4, -0.2) is 10.9 Å². The molecule has 4 heteroatoms. The van der Waals surface area contributed by atoms with E-state index < -0.39 is 0 Å². The third-order valence-electron chi connectivity index (χ3n) is 2.03. The number of halogens is 1. The SMILES string of the molecule is Cc1c(C=CCCCl)cnc(N)c1N. The summed E-state index contributed by atoms with van der Waals surface area (Å²) in [5.74, 6) is 1.00. The molecule has 0 saturated heterocycles. The number of nitrogens with zero attached hydrogens (tertiary/aromatic N) is 1. The Hall–Kier alpha value is -1.22. The number of hydrogen-bond acceptors (Lipinski definition) is 3.